The van der Waals surface area contributed by atoms with E-state index in [-0.39, 0.29) is 52.9 Å². The van der Waals surface area contributed by atoms with Crippen molar-refractivity contribution in [3.8, 4) is 0 Å². The van der Waals surface area contributed by atoms with Crippen LogP contribution < -0.4 is 10.0 Å². The summed E-state index contributed by atoms with van der Waals surface area (Å²) in [6, 6.07) is 3.07. The Bertz CT molecular complexity index is 965. The SMILES string of the molecule is CC(C)C[C@H](NC(=O)O)C(=O)N1CCN(C(=O)CNS(=O)(=O)c2ccc(Cl)cc2Cl)CC1. The molecule has 1 saturated heterocycles. The summed E-state index contributed by atoms with van der Waals surface area (Å²) in [6.07, 6.45) is -0.912. The van der Waals surface area contributed by atoms with Gasteiger partial charge in [0, 0.05) is 31.2 Å². The fourth-order valence-corrected chi connectivity index (χ4v) is 5.02. The van der Waals surface area contributed by atoms with Gasteiger partial charge in [0.25, 0.3) is 0 Å². The lowest BCUT2D eigenvalue weighted by Crippen LogP contribution is -2.56. The largest absolute Gasteiger partial charge is 0.465 e. The van der Waals surface area contributed by atoms with Gasteiger partial charge in [-0.25, -0.2) is 17.9 Å². The van der Waals surface area contributed by atoms with Crippen LogP contribution in [0.4, 0.5) is 4.79 Å². The third-order valence-corrected chi connectivity index (χ3v) is 6.96. The Morgan fingerprint density at radius 2 is 1.69 bits per heavy atom. The van der Waals surface area contributed by atoms with Crippen molar-refractivity contribution in [2.75, 3.05) is 32.7 Å². The van der Waals surface area contributed by atoms with Crippen LogP contribution in [0.15, 0.2) is 23.1 Å². The summed E-state index contributed by atoms with van der Waals surface area (Å²) in [5.74, 6) is -0.680. The molecule has 32 heavy (non-hydrogen) atoms. The van der Waals surface area contributed by atoms with Gasteiger partial charge in [-0.3, -0.25) is 9.59 Å². The summed E-state index contributed by atoms with van der Waals surface area (Å²) in [5.41, 5.74) is 0. The summed E-state index contributed by atoms with van der Waals surface area (Å²) >= 11 is 11.7. The van der Waals surface area contributed by atoms with Gasteiger partial charge in [0.2, 0.25) is 21.8 Å². The molecule has 1 aromatic rings. The third kappa shape index (κ3) is 7.22. The Labute approximate surface area is 196 Å². The van der Waals surface area contributed by atoms with Gasteiger partial charge in [-0.2, -0.15) is 0 Å². The number of carboxylic acid groups (broad SMARTS) is 1. The predicted molar refractivity (Wildman–Crippen MR) is 119 cm³/mol. The zero-order valence-electron chi connectivity index (χ0n) is 17.7. The number of benzene rings is 1. The quantitative estimate of drug-likeness (QED) is 0.488. The molecule has 0 saturated carbocycles. The maximum absolute atomic E-state index is 12.7. The molecule has 1 fully saturated rings. The number of piperazine rings is 1. The molecule has 13 heteroatoms. The number of rotatable bonds is 8. The van der Waals surface area contributed by atoms with E-state index in [0.717, 1.165) is 0 Å². The number of amides is 3. The van der Waals surface area contributed by atoms with Crippen LogP contribution in [0.3, 0.4) is 0 Å². The molecule has 0 spiro atoms. The van der Waals surface area contributed by atoms with Crippen molar-refractivity contribution in [2.45, 2.75) is 31.2 Å². The van der Waals surface area contributed by atoms with Crippen LogP contribution in [-0.2, 0) is 19.6 Å². The average Bonchev–Trinajstić information content (AvgIpc) is 2.70. The topological polar surface area (TPSA) is 136 Å². The number of carbonyl (C=O) groups is 3. The van der Waals surface area contributed by atoms with Gasteiger partial charge < -0.3 is 20.2 Å². The van der Waals surface area contributed by atoms with E-state index in [0.29, 0.717) is 6.42 Å². The van der Waals surface area contributed by atoms with Gasteiger partial charge in [-0.05, 0) is 30.5 Å². The van der Waals surface area contributed by atoms with Crippen molar-refractivity contribution in [1.29, 1.82) is 0 Å². The molecular formula is C19H26Cl2N4O6S. The normalized spacial score (nSPS) is 15.5. The lowest BCUT2D eigenvalue weighted by Gasteiger charge is -2.36. The minimum absolute atomic E-state index is 0.0597. The van der Waals surface area contributed by atoms with E-state index in [1.165, 1.54) is 28.0 Å². The molecule has 10 nitrogen and oxygen atoms in total. The van der Waals surface area contributed by atoms with Crippen molar-refractivity contribution in [2.24, 2.45) is 5.92 Å². The number of hydrogen-bond acceptors (Lipinski definition) is 5. The summed E-state index contributed by atoms with van der Waals surface area (Å²) < 4.78 is 27.1. The Balaban J connectivity index is 1.91. The first kappa shape index (κ1) is 26.2. The molecule has 1 aliphatic rings. The lowest BCUT2D eigenvalue weighted by molar-refractivity contribution is -0.140. The number of hydrogen-bond donors (Lipinski definition) is 3. The summed E-state index contributed by atoms with van der Waals surface area (Å²) in [7, 11) is -4.02. The molecule has 1 atom stereocenters. The lowest BCUT2D eigenvalue weighted by atomic mass is 10.0. The predicted octanol–water partition coefficient (Wildman–Crippen LogP) is 1.62. The van der Waals surface area contributed by atoms with Crippen LogP contribution in [0.1, 0.15) is 20.3 Å². The fraction of sp³-hybridized carbons (Fsp3) is 0.526. The molecule has 0 aromatic heterocycles. The number of carbonyl (C=O) groups excluding carboxylic acids is 2. The van der Waals surface area contributed by atoms with Gasteiger partial charge in [0.1, 0.15) is 10.9 Å². The standard InChI is InChI=1S/C19H26Cl2N4O6S/c1-12(2)9-15(23-19(28)29)18(27)25-7-5-24(6-8-25)17(26)11-22-32(30,31)16-4-3-13(20)10-14(16)21/h3-4,10,12,15,22-23H,5-9,11H2,1-2H3,(H,28,29)/t15-/m0/s1. The second kappa shape index (κ2) is 11.2. The highest BCUT2D eigenvalue weighted by Crippen LogP contribution is 2.24. The number of nitrogens with one attached hydrogen (secondary N) is 2. The van der Waals surface area contributed by atoms with Gasteiger partial charge >= 0.3 is 6.09 Å². The van der Waals surface area contributed by atoms with E-state index in [9.17, 15) is 22.8 Å². The minimum Gasteiger partial charge on any atom is -0.465 e. The smallest absolute Gasteiger partial charge is 0.405 e. The highest BCUT2D eigenvalue weighted by molar-refractivity contribution is 7.89. The molecule has 2 rings (SSSR count). The van der Waals surface area contributed by atoms with E-state index in [2.05, 4.69) is 10.0 Å². The fourth-order valence-electron chi connectivity index (χ4n) is 3.28. The minimum atomic E-state index is -4.02. The number of sulfonamides is 1. The zero-order chi connectivity index (χ0) is 24.1. The van der Waals surface area contributed by atoms with E-state index < -0.39 is 34.6 Å². The highest BCUT2D eigenvalue weighted by Gasteiger charge is 2.30. The van der Waals surface area contributed by atoms with Crippen molar-refractivity contribution in [3.05, 3.63) is 28.2 Å². The first-order valence-corrected chi connectivity index (χ1v) is 12.2. The van der Waals surface area contributed by atoms with Gasteiger partial charge in [0.05, 0.1) is 11.6 Å². The second-order valence-electron chi connectivity index (χ2n) is 7.74. The van der Waals surface area contributed by atoms with Crippen molar-refractivity contribution >= 4 is 51.1 Å². The van der Waals surface area contributed by atoms with Crippen molar-refractivity contribution in [1.82, 2.24) is 19.8 Å². The van der Waals surface area contributed by atoms with E-state index in [1.54, 1.807) is 0 Å². The van der Waals surface area contributed by atoms with Gasteiger partial charge in [-0.15, -0.1) is 0 Å². The van der Waals surface area contributed by atoms with Crippen LogP contribution in [0, 0.1) is 5.92 Å². The first-order chi connectivity index (χ1) is 14.9. The average molecular weight is 509 g/mol. The third-order valence-electron chi connectivity index (χ3n) is 4.84. The van der Waals surface area contributed by atoms with Gasteiger partial charge in [0.15, 0.2) is 0 Å². The zero-order valence-corrected chi connectivity index (χ0v) is 20.0. The summed E-state index contributed by atoms with van der Waals surface area (Å²) in [6.45, 7) is 4.15. The maximum atomic E-state index is 12.7. The van der Waals surface area contributed by atoms with Crippen LogP contribution in [0.5, 0.6) is 0 Å². The molecule has 178 valence electrons. The van der Waals surface area contributed by atoms with Crippen LogP contribution in [0.2, 0.25) is 10.0 Å². The Morgan fingerprint density at radius 3 is 2.22 bits per heavy atom. The number of nitrogens with zero attached hydrogens (tertiary/aromatic N) is 2. The molecule has 0 aliphatic carbocycles. The van der Waals surface area contributed by atoms with E-state index >= 15 is 0 Å². The van der Waals surface area contributed by atoms with Crippen molar-refractivity contribution in [3.63, 3.8) is 0 Å². The van der Waals surface area contributed by atoms with Crippen LogP contribution in [-0.4, -0.2) is 80.0 Å². The molecule has 3 amide bonds. The highest BCUT2D eigenvalue weighted by atomic mass is 35.5. The molecule has 1 aromatic carbocycles. The summed E-state index contributed by atoms with van der Waals surface area (Å²) in [5, 5.41) is 11.5. The Morgan fingerprint density at radius 1 is 1.09 bits per heavy atom. The van der Waals surface area contributed by atoms with E-state index in [4.69, 9.17) is 28.3 Å². The molecular weight excluding hydrogens is 483 g/mol. The molecule has 0 unspecified atom stereocenters. The molecule has 0 bridgehead atoms. The molecule has 0 radical (unpaired) electrons. The Hall–Kier alpha value is -2.08. The van der Waals surface area contributed by atoms with Gasteiger partial charge in [-0.1, -0.05) is 37.0 Å². The monoisotopic (exact) mass is 508 g/mol. The molecule has 3 N–H and O–H groups in total. The molecule has 1 aliphatic heterocycles. The molecule has 1 heterocycles. The van der Waals surface area contributed by atoms with E-state index in [1.807, 2.05) is 13.8 Å². The summed E-state index contributed by atoms with van der Waals surface area (Å²) in [4.78, 5) is 38.9. The van der Waals surface area contributed by atoms with Crippen LogP contribution in [0.25, 0.3) is 0 Å². The van der Waals surface area contributed by atoms with Crippen molar-refractivity contribution < 1.29 is 27.9 Å². The van der Waals surface area contributed by atoms with Crippen LogP contribution >= 0.6 is 23.2 Å². The number of halogens is 2. The second-order valence-corrected chi connectivity index (χ2v) is 10.3. The Kier molecular flexibility index (Phi) is 9.14. The first-order valence-electron chi connectivity index (χ1n) is 9.91. The maximum Gasteiger partial charge on any atom is 0.405 e.